The van der Waals surface area contributed by atoms with E-state index in [1.54, 1.807) is 6.07 Å². The van der Waals surface area contributed by atoms with Crippen LogP contribution in [0, 0.1) is 11.2 Å². The van der Waals surface area contributed by atoms with Crippen LogP contribution in [0.5, 0.6) is 5.75 Å². The van der Waals surface area contributed by atoms with Crippen molar-refractivity contribution in [2.24, 2.45) is 5.41 Å². The topological polar surface area (TPSA) is 75.6 Å². The number of ether oxygens (including phenoxy) is 1. The molecular formula is C16H18FNO4. The number of carbonyl (C=O) groups is 2. The van der Waals surface area contributed by atoms with Gasteiger partial charge in [0.05, 0.1) is 6.04 Å². The van der Waals surface area contributed by atoms with E-state index in [1.807, 2.05) is 13.8 Å². The first-order chi connectivity index (χ1) is 10.2. The Morgan fingerprint density at radius 3 is 2.64 bits per heavy atom. The smallest absolute Gasteiger partial charge is 0.319 e. The van der Waals surface area contributed by atoms with E-state index in [4.69, 9.17) is 4.74 Å². The second-order valence-electron chi connectivity index (χ2n) is 6.66. The van der Waals surface area contributed by atoms with E-state index in [0.717, 1.165) is 0 Å². The molecule has 0 saturated heterocycles. The van der Waals surface area contributed by atoms with Gasteiger partial charge in [0, 0.05) is 18.1 Å². The van der Waals surface area contributed by atoms with Gasteiger partial charge in [-0.3, -0.25) is 9.59 Å². The molecular weight excluding hydrogens is 289 g/mol. The van der Waals surface area contributed by atoms with Crippen LogP contribution < -0.4 is 10.1 Å². The Bertz CT molecular complexity index is 652. The fraction of sp³-hybridized carbons (Fsp3) is 0.500. The van der Waals surface area contributed by atoms with Crippen LogP contribution in [0.2, 0.25) is 0 Å². The first kappa shape index (κ1) is 14.8. The monoisotopic (exact) mass is 307 g/mol. The molecule has 0 bridgehead atoms. The van der Waals surface area contributed by atoms with Gasteiger partial charge in [-0.1, -0.05) is 6.07 Å². The van der Waals surface area contributed by atoms with Gasteiger partial charge < -0.3 is 15.2 Å². The molecule has 1 atom stereocenters. The third kappa shape index (κ3) is 2.42. The summed E-state index contributed by atoms with van der Waals surface area (Å²) in [5.74, 6) is -1.58. The molecule has 6 heteroatoms. The third-order valence-corrected chi connectivity index (χ3v) is 4.33. The lowest BCUT2D eigenvalue weighted by Crippen LogP contribution is -2.45. The Morgan fingerprint density at radius 2 is 2.05 bits per heavy atom. The van der Waals surface area contributed by atoms with Crippen LogP contribution in [-0.2, 0) is 9.59 Å². The normalized spacial score (nSPS) is 23.9. The van der Waals surface area contributed by atoms with Crippen molar-refractivity contribution < 1.29 is 23.8 Å². The highest BCUT2D eigenvalue weighted by Gasteiger charge is 2.57. The molecule has 1 aliphatic carbocycles. The second kappa shape index (κ2) is 4.69. The quantitative estimate of drug-likeness (QED) is 0.841. The summed E-state index contributed by atoms with van der Waals surface area (Å²) in [6.45, 7) is 3.70. The van der Waals surface area contributed by atoms with Gasteiger partial charge >= 0.3 is 5.97 Å². The number of amides is 1. The van der Waals surface area contributed by atoms with Gasteiger partial charge in [-0.25, -0.2) is 4.39 Å². The fourth-order valence-corrected chi connectivity index (χ4v) is 2.91. The van der Waals surface area contributed by atoms with E-state index in [0.29, 0.717) is 30.6 Å². The molecule has 3 rings (SSSR count). The molecule has 1 amide bonds. The van der Waals surface area contributed by atoms with Gasteiger partial charge in [0.15, 0.2) is 0 Å². The van der Waals surface area contributed by atoms with Crippen molar-refractivity contribution in [2.45, 2.75) is 44.8 Å². The highest BCUT2D eigenvalue weighted by Crippen LogP contribution is 2.47. The molecule has 2 aliphatic rings. The number of rotatable bonds is 3. The standard InChI is InChI=1S/C16H18FNO4/c1-15(2)8-11(10-4-3-9(17)7-12(10)22-15)18-13(19)16(5-6-16)14(20)21/h3-4,7,11H,5-6,8H2,1-2H3,(H,18,19)(H,20,21). The molecule has 1 unspecified atom stereocenters. The summed E-state index contributed by atoms with van der Waals surface area (Å²) in [6.07, 6.45) is 1.21. The van der Waals surface area contributed by atoms with Crippen LogP contribution in [0.3, 0.4) is 0 Å². The van der Waals surface area contributed by atoms with Crippen molar-refractivity contribution in [3.63, 3.8) is 0 Å². The number of benzene rings is 1. The molecule has 5 nitrogen and oxygen atoms in total. The summed E-state index contributed by atoms with van der Waals surface area (Å²) in [5, 5.41) is 12.0. The number of carbonyl (C=O) groups excluding carboxylic acids is 1. The number of carboxylic acid groups (broad SMARTS) is 1. The molecule has 1 saturated carbocycles. The van der Waals surface area contributed by atoms with Gasteiger partial charge in [-0.2, -0.15) is 0 Å². The third-order valence-electron chi connectivity index (χ3n) is 4.33. The zero-order valence-electron chi connectivity index (χ0n) is 12.5. The summed E-state index contributed by atoms with van der Waals surface area (Å²) in [7, 11) is 0. The number of halogens is 1. The molecule has 1 aromatic carbocycles. The van der Waals surface area contributed by atoms with Crippen molar-refractivity contribution in [2.75, 3.05) is 0 Å². The minimum absolute atomic E-state index is 0.358. The van der Waals surface area contributed by atoms with E-state index in [1.165, 1.54) is 12.1 Å². The van der Waals surface area contributed by atoms with Crippen LogP contribution in [0.15, 0.2) is 18.2 Å². The molecule has 1 aromatic rings. The Kier molecular flexibility index (Phi) is 3.16. The summed E-state index contributed by atoms with van der Waals surface area (Å²) in [4.78, 5) is 23.6. The lowest BCUT2D eigenvalue weighted by atomic mass is 9.89. The minimum Gasteiger partial charge on any atom is -0.487 e. The second-order valence-corrected chi connectivity index (χ2v) is 6.66. The van der Waals surface area contributed by atoms with Gasteiger partial charge in [0.2, 0.25) is 5.91 Å². The molecule has 1 heterocycles. The maximum atomic E-state index is 13.4. The van der Waals surface area contributed by atoms with Crippen LogP contribution in [0.4, 0.5) is 4.39 Å². The van der Waals surface area contributed by atoms with E-state index in [9.17, 15) is 19.1 Å². The Balaban J connectivity index is 1.88. The van der Waals surface area contributed by atoms with E-state index >= 15 is 0 Å². The van der Waals surface area contributed by atoms with Crippen LogP contribution in [-0.4, -0.2) is 22.6 Å². The SMILES string of the molecule is CC1(C)CC(NC(=O)C2(C(=O)O)CC2)c2ccc(F)cc2O1. The van der Waals surface area contributed by atoms with E-state index in [2.05, 4.69) is 5.32 Å². The van der Waals surface area contributed by atoms with Gasteiger partial charge in [0.1, 0.15) is 22.6 Å². The molecule has 22 heavy (non-hydrogen) atoms. The zero-order valence-corrected chi connectivity index (χ0v) is 12.5. The molecule has 0 aromatic heterocycles. The highest BCUT2D eigenvalue weighted by molar-refractivity contribution is 6.05. The molecule has 2 N–H and O–H groups in total. The van der Waals surface area contributed by atoms with Crippen LogP contribution in [0.1, 0.15) is 44.7 Å². The van der Waals surface area contributed by atoms with Crippen molar-refractivity contribution in [1.82, 2.24) is 5.32 Å². The van der Waals surface area contributed by atoms with Crippen molar-refractivity contribution in [3.05, 3.63) is 29.6 Å². The highest BCUT2D eigenvalue weighted by atomic mass is 19.1. The van der Waals surface area contributed by atoms with E-state index in [-0.39, 0.29) is 6.04 Å². The number of carboxylic acids is 1. The van der Waals surface area contributed by atoms with Crippen LogP contribution >= 0.6 is 0 Å². The summed E-state index contributed by atoms with van der Waals surface area (Å²) >= 11 is 0. The molecule has 118 valence electrons. The predicted molar refractivity (Wildman–Crippen MR) is 75.9 cm³/mol. The summed E-state index contributed by atoms with van der Waals surface area (Å²) < 4.78 is 19.1. The van der Waals surface area contributed by atoms with Gasteiger partial charge in [-0.05, 0) is 32.8 Å². The lowest BCUT2D eigenvalue weighted by molar-refractivity contribution is -0.149. The maximum Gasteiger partial charge on any atom is 0.319 e. The molecule has 1 aliphatic heterocycles. The fourth-order valence-electron chi connectivity index (χ4n) is 2.91. The largest absolute Gasteiger partial charge is 0.487 e. The average molecular weight is 307 g/mol. The lowest BCUT2D eigenvalue weighted by Gasteiger charge is -2.38. The van der Waals surface area contributed by atoms with Crippen LogP contribution in [0.25, 0.3) is 0 Å². The van der Waals surface area contributed by atoms with Gasteiger partial charge in [-0.15, -0.1) is 0 Å². The number of nitrogens with one attached hydrogen (secondary N) is 1. The minimum atomic E-state index is -1.29. The maximum absolute atomic E-state index is 13.4. The summed E-state index contributed by atoms with van der Waals surface area (Å²) in [5.41, 5.74) is -1.18. The summed E-state index contributed by atoms with van der Waals surface area (Å²) in [6, 6.07) is 3.79. The Labute approximate surface area is 127 Å². The van der Waals surface area contributed by atoms with Crippen molar-refractivity contribution in [3.8, 4) is 5.75 Å². The molecule has 1 fully saturated rings. The predicted octanol–water partition coefficient (Wildman–Crippen LogP) is 2.41. The molecule has 0 radical (unpaired) electrons. The first-order valence-electron chi connectivity index (χ1n) is 7.26. The van der Waals surface area contributed by atoms with Gasteiger partial charge in [0.25, 0.3) is 0 Å². The number of fused-ring (bicyclic) bond motifs is 1. The van der Waals surface area contributed by atoms with Crippen molar-refractivity contribution in [1.29, 1.82) is 0 Å². The number of hydrogen-bond donors (Lipinski definition) is 2. The Morgan fingerprint density at radius 1 is 1.36 bits per heavy atom. The number of hydrogen-bond acceptors (Lipinski definition) is 3. The molecule has 0 spiro atoms. The number of aliphatic carboxylic acids is 1. The van der Waals surface area contributed by atoms with Crippen molar-refractivity contribution >= 4 is 11.9 Å². The Hall–Kier alpha value is -2.11. The average Bonchev–Trinajstić information content (AvgIpc) is 3.17. The zero-order chi connectivity index (χ0) is 16.1. The first-order valence-corrected chi connectivity index (χ1v) is 7.26. The van der Waals surface area contributed by atoms with E-state index < -0.39 is 28.7 Å².